The zero-order valence-electron chi connectivity index (χ0n) is 15.5. The molecule has 150 valence electrons. The molecule has 0 spiro atoms. The molecule has 0 bridgehead atoms. The number of alkyl halides is 3. The van der Waals surface area contributed by atoms with Crippen molar-refractivity contribution in [2.45, 2.75) is 38.0 Å². The molecule has 3 nitrogen and oxygen atoms in total. The topological polar surface area (TPSA) is 32.3 Å². The van der Waals surface area contributed by atoms with E-state index in [9.17, 15) is 18.0 Å². The highest BCUT2D eigenvalue weighted by atomic mass is 35.5. The van der Waals surface area contributed by atoms with Crippen molar-refractivity contribution < 1.29 is 18.0 Å². The third-order valence-corrected chi connectivity index (χ3v) is 5.48. The number of likely N-dealkylation sites (tertiary alicyclic amines) is 1. The second-order valence-electron chi connectivity index (χ2n) is 7.12. The lowest BCUT2D eigenvalue weighted by atomic mass is 10.0. The van der Waals surface area contributed by atoms with Crippen LogP contribution in [0.15, 0.2) is 48.5 Å². The summed E-state index contributed by atoms with van der Waals surface area (Å²) in [4.78, 5) is 15.1. The molecule has 7 heteroatoms. The summed E-state index contributed by atoms with van der Waals surface area (Å²) in [6, 6.07) is 12.3. The van der Waals surface area contributed by atoms with Crippen LogP contribution in [-0.4, -0.2) is 29.9 Å². The van der Waals surface area contributed by atoms with Gasteiger partial charge in [0.2, 0.25) is 0 Å². The Labute approximate surface area is 167 Å². The van der Waals surface area contributed by atoms with Crippen LogP contribution in [0.5, 0.6) is 0 Å². The molecule has 2 aromatic carbocycles. The van der Waals surface area contributed by atoms with Crippen LogP contribution in [0.4, 0.5) is 13.2 Å². The van der Waals surface area contributed by atoms with Gasteiger partial charge in [-0.25, -0.2) is 0 Å². The number of hydrogen-bond acceptors (Lipinski definition) is 2. The molecule has 0 saturated carbocycles. The predicted molar refractivity (Wildman–Crippen MR) is 103 cm³/mol. The standard InChI is InChI=1S/C21H22ClF3N2O/c1-14-6-5-11-27(14)13-19(15-7-3-2-4-8-15)26-20(28)17-12-16(21(23,24)25)9-10-18(17)22/h2-4,7-10,12,14,19H,5-6,11,13H2,1H3,(H,26,28)/t14?,19-/m1/s1. The molecule has 1 aliphatic heterocycles. The number of amides is 1. The summed E-state index contributed by atoms with van der Waals surface area (Å²) in [5.74, 6) is -0.614. The summed E-state index contributed by atoms with van der Waals surface area (Å²) in [6.45, 7) is 3.67. The lowest BCUT2D eigenvalue weighted by Gasteiger charge is -2.28. The number of carbonyl (C=O) groups excluding carboxylic acids is 1. The molecule has 0 aromatic heterocycles. The van der Waals surface area contributed by atoms with Crippen molar-refractivity contribution >= 4 is 17.5 Å². The van der Waals surface area contributed by atoms with E-state index in [0.29, 0.717) is 12.6 Å². The number of benzene rings is 2. The van der Waals surface area contributed by atoms with Crippen molar-refractivity contribution in [3.05, 3.63) is 70.2 Å². The Balaban J connectivity index is 1.85. The maximum Gasteiger partial charge on any atom is 0.416 e. The smallest absolute Gasteiger partial charge is 0.344 e. The van der Waals surface area contributed by atoms with Gasteiger partial charge < -0.3 is 5.32 Å². The third kappa shape index (κ3) is 4.86. The van der Waals surface area contributed by atoms with Gasteiger partial charge in [-0.2, -0.15) is 13.2 Å². The molecule has 1 N–H and O–H groups in total. The molecule has 3 rings (SSSR count). The van der Waals surface area contributed by atoms with E-state index in [0.717, 1.165) is 43.1 Å². The van der Waals surface area contributed by atoms with E-state index in [2.05, 4.69) is 17.1 Å². The van der Waals surface area contributed by atoms with Gasteiger partial charge in [0.25, 0.3) is 5.91 Å². The highest BCUT2D eigenvalue weighted by Gasteiger charge is 2.32. The van der Waals surface area contributed by atoms with E-state index in [1.54, 1.807) is 0 Å². The normalized spacial score (nSPS) is 18.8. The second-order valence-corrected chi connectivity index (χ2v) is 7.52. The Hall–Kier alpha value is -2.05. The molecular weight excluding hydrogens is 389 g/mol. The summed E-state index contributed by atoms with van der Waals surface area (Å²) in [6.07, 6.45) is -2.35. The number of rotatable bonds is 5. The molecule has 1 unspecified atom stereocenters. The molecular formula is C21H22ClF3N2O. The van der Waals surface area contributed by atoms with Gasteiger partial charge in [-0.15, -0.1) is 0 Å². The summed E-state index contributed by atoms with van der Waals surface area (Å²) < 4.78 is 39.1. The van der Waals surface area contributed by atoms with E-state index in [4.69, 9.17) is 11.6 Å². The van der Waals surface area contributed by atoms with Crippen LogP contribution in [0.2, 0.25) is 5.02 Å². The highest BCUT2D eigenvalue weighted by molar-refractivity contribution is 6.33. The highest BCUT2D eigenvalue weighted by Crippen LogP contribution is 2.32. The maximum absolute atomic E-state index is 13.0. The first kappa shape index (κ1) is 20.7. The molecule has 1 heterocycles. The number of hydrogen-bond donors (Lipinski definition) is 1. The number of nitrogens with zero attached hydrogens (tertiary/aromatic N) is 1. The molecule has 28 heavy (non-hydrogen) atoms. The zero-order chi connectivity index (χ0) is 20.3. The van der Waals surface area contributed by atoms with Crippen molar-refractivity contribution in [3.63, 3.8) is 0 Å². The van der Waals surface area contributed by atoms with E-state index in [1.165, 1.54) is 0 Å². The van der Waals surface area contributed by atoms with Gasteiger partial charge >= 0.3 is 6.18 Å². The van der Waals surface area contributed by atoms with Crippen LogP contribution in [-0.2, 0) is 6.18 Å². The van der Waals surface area contributed by atoms with Gasteiger partial charge in [-0.1, -0.05) is 41.9 Å². The molecule has 1 fully saturated rings. The fourth-order valence-corrected chi connectivity index (χ4v) is 3.73. The Morgan fingerprint density at radius 2 is 1.96 bits per heavy atom. The Morgan fingerprint density at radius 3 is 2.57 bits per heavy atom. The van der Waals surface area contributed by atoms with E-state index in [-0.39, 0.29) is 16.6 Å². The Kier molecular flexibility index (Phi) is 6.30. The van der Waals surface area contributed by atoms with E-state index in [1.807, 2.05) is 30.3 Å². The van der Waals surface area contributed by atoms with Crippen molar-refractivity contribution in [3.8, 4) is 0 Å². The maximum atomic E-state index is 13.0. The monoisotopic (exact) mass is 410 g/mol. The van der Waals surface area contributed by atoms with Gasteiger partial charge in [0.05, 0.1) is 22.2 Å². The first-order valence-electron chi connectivity index (χ1n) is 9.22. The minimum atomic E-state index is -4.54. The summed E-state index contributed by atoms with van der Waals surface area (Å²) in [7, 11) is 0. The lowest BCUT2D eigenvalue weighted by Crippen LogP contribution is -2.39. The molecule has 2 aromatic rings. The van der Waals surface area contributed by atoms with Crippen LogP contribution >= 0.6 is 11.6 Å². The third-order valence-electron chi connectivity index (χ3n) is 5.15. The molecule has 1 amide bonds. The quantitative estimate of drug-likeness (QED) is 0.724. The number of carbonyl (C=O) groups is 1. The Bertz CT molecular complexity index is 826. The van der Waals surface area contributed by atoms with Crippen molar-refractivity contribution in [2.75, 3.05) is 13.1 Å². The lowest BCUT2D eigenvalue weighted by molar-refractivity contribution is -0.137. The summed E-state index contributed by atoms with van der Waals surface area (Å²) >= 11 is 6.03. The first-order chi connectivity index (χ1) is 13.3. The van der Waals surface area contributed by atoms with Crippen LogP contribution in [0, 0.1) is 0 Å². The molecule has 0 radical (unpaired) electrons. The average molecular weight is 411 g/mol. The van der Waals surface area contributed by atoms with Gasteiger partial charge in [0.15, 0.2) is 0 Å². The summed E-state index contributed by atoms with van der Waals surface area (Å²) in [5.41, 5.74) is -0.170. The molecule has 1 saturated heterocycles. The van der Waals surface area contributed by atoms with Gasteiger partial charge in [-0.3, -0.25) is 9.69 Å². The minimum absolute atomic E-state index is 0.00754. The van der Waals surface area contributed by atoms with Crippen LogP contribution in [0.25, 0.3) is 0 Å². The van der Waals surface area contributed by atoms with E-state index < -0.39 is 17.6 Å². The Morgan fingerprint density at radius 1 is 1.25 bits per heavy atom. The van der Waals surface area contributed by atoms with Crippen molar-refractivity contribution in [1.82, 2.24) is 10.2 Å². The van der Waals surface area contributed by atoms with Gasteiger partial charge in [-0.05, 0) is 50.1 Å². The van der Waals surface area contributed by atoms with Crippen LogP contribution in [0.3, 0.4) is 0 Å². The largest absolute Gasteiger partial charge is 0.416 e. The molecule has 2 atom stereocenters. The van der Waals surface area contributed by atoms with Crippen LogP contribution < -0.4 is 5.32 Å². The van der Waals surface area contributed by atoms with Crippen molar-refractivity contribution in [2.24, 2.45) is 0 Å². The fourth-order valence-electron chi connectivity index (χ4n) is 3.53. The van der Waals surface area contributed by atoms with Crippen LogP contribution in [0.1, 0.15) is 47.3 Å². The zero-order valence-corrected chi connectivity index (χ0v) is 16.2. The fraction of sp³-hybridized carbons (Fsp3) is 0.381. The van der Waals surface area contributed by atoms with Gasteiger partial charge in [0.1, 0.15) is 0 Å². The second kappa shape index (κ2) is 8.53. The predicted octanol–water partition coefficient (Wildman–Crippen LogP) is 5.31. The SMILES string of the molecule is CC1CCCN1C[C@@H](NC(=O)c1cc(C(F)(F)F)ccc1Cl)c1ccccc1. The van der Waals surface area contributed by atoms with Crippen molar-refractivity contribution in [1.29, 1.82) is 0 Å². The van der Waals surface area contributed by atoms with E-state index >= 15 is 0 Å². The molecule has 1 aliphatic rings. The minimum Gasteiger partial charge on any atom is -0.344 e. The molecule has 0 aliphatic carbocycles. The first-order valence-corrected chi connectivity index (χ1v) is 9.60. The number of halogens is 4. The number of nitrogens with one attached hydrogen (secondary N) is 1. The van der Waals surface area contributed by atoms with Gasteiger partial charge in [0, 0.05) is 12.6 Å². The average Bonchev–Trinajstić information content (AvgIpc) is 3.06. The summed E-state index contributed by atoms with van der Waals surface area (Å²) in [5, 5.41) is 2.88.